The average molecular weight is 486 g/mol. The molecule has 13 heteroatoms. The monoisotopic (exact) mass is 486 g/mol. The minimum atomic E-state index is -4.49. The summed E-state index contributed by atoms with van der Waals surface area (Å²) in [6, 6.07) is 7.84. The van der Waals surface area contributed by atoms with Crippen LogP contribution in [0.2, 0.25) is 0 Å². The third kappa shape index (κ3) is 6.42. The molecule has 1 aliphatic heterocycles. The molecule has 1 fully saturated rings. The van der Waals surface area contributed by atoms with Crippen molar-refractivity contribution in [2.45, 2.75) is 18.0 Å². The van der Waals surface area contributed by atoms with E-state index in [1.54, 1.807) is 4.90 Å². The molecule has 9 nitrogen and oxygen atoms in total. The molecule has 178 valence electrons. The molecule has 0 bridgehead atoms. The lowest BCUT2D eigenvalue weighted by Crippen LogP contribution is -2.49. The first kappa shape index (κ1) is 24.5. The number of pyridine rings is 1. The van der Waals surface area contributed by atoms with Crippen LogP contribution in [-0.4, -0.2) is 73.4 Å². The van der Waals surface area contributed by atoms with Crippen molar-refractivity contribution in [1.29, 1.82) is 0 Å². The lowest BCUT2D eigenvalue weighted by molar-refractivity contribution is -0.154. The van der Waals surface area contributed by atoms with Gasteiger partial charge in [-0.15, -0.1) is 0 Å². The summed E-state index contributed by atoms with van der Waals surface area (Å²) in [4.78, 5) is 29.1. The standard InChI is InChI=1S/C20H21F3N4O5S/c1-14(28)26-8-10-27(11-9-26)33(30,31)17-5-2-15(3-6-17)19(29)25-16-4-7-18(24-12-16)32-13-20(21,22)23/h2-7,12H,8-11,13H2,1H3,(H,25,29). The van der Waals surface area contributed by atoms with Crippen molar-refractivity contribution in [2.75, 3.05) is 38.1 Å². The minimum absolute atomic E-state index is 0.0168. The first-order chi connectivity index (χ1) is 15.5. The molecule has 0 spiro atoms. The number of halogens is 3. The second kappa shape index (κ2) is 9.75. The molecule has 2 amide bonds. The molecule has 0 atom stereocenters. The second-order valence-electron chi connectivity index (χ2n) is 7.18. The summed E-state index contributed by atoms with van der Waals surface area (Å²) < 4.78 is 67.9. The number of nitrogens with one attached hydrogen (secondary N) is 1. The maximum Gasteiger partial charge on any atom is 0.422 e. The number of nitrogens with zero attached hydrogens (tertiary/aromatic N) is 3. The largest absolute Gasteiger partial charge is 0.468 e. The quantitative estimate of drug-likeness (QED) is 0.670. The number of sulfonamides is 1. The zero-order chi connectivity index (χ0) is 24.2. The predicted molar refractivity (Wildman–Crippen MR) is 111 cm³/mol. The minimum Gasteiger partial charge on any atom is -0.468 e. The Kier molecular flexibility index (Phi) is 7.22. The highest BCUT2D eigenvalue weighted by atomic mass is 32.2. The lowest BCUT2D eigenvalue weighted by Gasteiger charge is -2.33. The van der Waals surface area contributed by atoms with E-state index in [1.165, 1.54) is 47.6 Å². The molecule has 33 heavy (non-hydrogen) atoms. The van der Waals surface area contributed by atoms with Crippen LogP contribution in [0.5, 0.6) is 5.88 Å². The fraction of sp³-hybridized carbons (Fsp3) is 0.350. The number of rotatable bonds is 6. The summed E-state index contributed by atoms with van der Waals surface area (Å²) in [7, 11) is -3.77. The Morgan fingerprint density at radius 2 is 1.70 bits per heavy atom. The first-order valence-corrected chi connectivity index (χ1v) is 11.2. The van der Waals surface area contributed by atoms with Gasteiger partial charge in [0, 0.05) is 44.7 Å². The van der Waals surface area contributed by atoms with Crippen LogP contribution in [0.3, 0.4) is 0 Å². The molecular weight excluding hydrogens is 465 g/mol. The number of hydrogen-bond acceptors (Lipinski definition) is 6. The zero-order valence-electron chi connectivity index (χ0n) is 17.5. The van der Waals surface area contributed by atoms with Crippen molar-refractivity contribution in [3.63, 3.8) is 0 Å². The van der Waals surface area contributed by atoms with Crippen LogP contribution in [0.1, 0.15) is 17.3 Å². The Bertz CT molecular complexity index is 1100. The van der Waals surface area contributed by atoms with E-state index in [0.29, 0.717) is 13.1 Å². The molecule has 0 aliphatic carbocycles. The highest BCUT2D eigenvalue weighted by Gasteiger charge is 2.30. The van der Waals surface area contributed by atoms with Crippen molar-refractivity contribution < 1.29 is 35.9 Å². The van der Waals surface area contributed by atoms with E-state index < -0.39 is 28.7 Å². The van der Waals surface area contributed by atoms with E-state index in [9.17, 15) is 31.2 Å². The molecule has 1 aromatic heterocycles. The molecule has 1 aromatic carbocycles. The van der Waals surface area contributed by atoms with E-state index in [4.69, 9.17) is 0 Å². The lowest BCUT2D eigenvalue weighted by atomic mass is 10.2. The maximum absolute atomic E-state index is 12.8. The second-order valence-corrected chi connectivity index (χ2v) is 9.12. The molecular formula is C20H21F3N4O5S. The topological polar surface area (TPSA) is 109 Å². The smallest absolute Gasteiger partial charge is 0.422 e. The van der Waals surface area contributed by atoms with Gasteiger partial charge in [0.15, 0.2) is 6.61 Å². The molecule has 0 radical (unpaired) electrons. The SMILES string of the molecule is CC(=O)N1CCN(S(=O)(=O)c2ccc(C(=O)Nc3ccc(OCC(F)(F)F)nc3)cc2)CC1. The Morgan fingerprint density at radius 1 is 1.06 bits per heavy atom. The van der Waals surface area contributed by atoms with Crippen LogP contribution in [-0.2, 0) is 14.8 Å². The Labute approximate surface area is 188 Å². The van der Waals surface area contributed by atoms with Gasteiger partial charge in [-0.25, -0.2) is 13.4 Å². The van der Waals surface area contributed by atoms with Gasteiger partial charge in [-0.3, -0.25) is 9.59 Å². The van der Waals surface area contributed by atoms with Crippen LogP contribution < -0.4 is 10.1 Å². The number of benzene rings is 1. The van der Waals surface area contributed by atoms with Crippen molar-refractivity contribution in [3.8, 4) is 5.88 Å². The molecule has 2 heterocycles. The van der Waals surface area contributed by atoms with E-state index in [0.717, 1.165) is 6.20 Å². The number of carbonyl (C=O) groups is 2. The van der Waals surface area contributed by atoms with Crippen LogP contribution in [0.25, 0.3) is 0 Å². The summed E-state index contributed by atoms with van der Waals surface area (Å²) in [5, 5.41) is 2.52. The van der Waals surface area contributed by atoms with Gasteiger partial charge in [0.2, 0.25) is 21.8 Å². The summed E-state index contributed by atoms with van der Waals surface area (Å²) in [5.41, 5.74) is 0.396. The average Bonchev–Trinajstić information content (AvgIpc) is 2.78. The molecule has 0 unspecified atom stereocenters. The molecule has 3 rings (SSSR count). The Morgan fingerprint density at radius 3 is 2.21 bits per heavy atom. The van der Waals surface area contributed by atoms with E-state index >= 15 is 0 Å². The Hall–Kier alpha value is -3.19. The van der Waals surface area contributed by atoms with Gasteiger partial charge in [0.05, 0.1) is 16.8 Å². The zero-order valence-corrected chi connectivity index (χ0v) is 18.3. The van der Waals surface area contributed by atoms with Gasteiger partial charge in [-0.2, -0.15) is 17.5 Å². The number of amides is 2. The van der Waals surface area contributed by atoms with E-state index in [-0.39, 0.29) is 41.0 Å². The fourth-order valence-corrected chi connectivity index (χ4v) is 4.49. The molecule has 1 aliphatic rings. The van der Waals surface area contributed by atoms with Crippen molar-refractivity contribution in [1.82, 2.24) is 14.2 Å². The number of ether oxygens (including phenoxy) is 1. The number of hydrogen-bond donors (Lipinski definition) is 1. The number of aromatic nitrogens is 1. The third-order valence-electron chi connectivity index (χ3n) is 4.82. The van der Waals surface area contributed by atoms with Crippen molar-refractivity contribution in [2.24, 2.45) is 0 Å². The fourth-order valence-electron chi connectivity index (χ4n) is 3.07. The molecule has 2 aromatic rings. The summed E-state index contributed by atoms with van der Waals surface area (Å²) >= 11 is 0. The van der Waals surface area contributed by atoms with Crippen LogP contribution in [0, 0.1) is 0 Å². The highest BCUT2D eigenvalue weighted by molar-refractivity contribution is 7.89. The molecule has 0 saturated carbocycles. The first-order valence-electron chi connectivity index (χ1n) is 9.78. The van der Waals surface area contributed by atoms with Gasteiger partial charge < -0.3 is 15.0 Å². The van der Waals surface area contributed by atoms with Crippen molar-refractivity contribution >= 4 is 27.5 Å². The van der Waals surface area contributed by atoms with Crippen LogP contribution in [0.4, 0.5) is 18.9 Å². The summed E-state index contributed by atoms with van der Waals surface area (Å²) in [5.74, 6) is -0.912. The normalized spacial score (nSPS) is 15.2. The predicted octanol–water partition coefficient (Wildman–Crippen LogP) is 2.13. The van der Waals surface area contributed by atoms with Gasteiger partial charge in [0.25, 0.3) is 5.91 Å². The van der Waals surface area contributed by atoms with Gasteiger partial charge in [-0.1, -0.05) is 0 Å². The van der Waals surface area contributed by atoms with E-state index in [2.05, 4.69) is 15.0 Å². The van der Waals surface area contributed by atoms with E-state index in [1.807, 2.05) is 0 Å². The Balaban J connectivity index is 1.60. The number of alkyl halides is 3. The number of carbonyl (C=O) groups excluding carboxylic acids is 2. The van der Waals surface area contributed by atoms with Crippen LogP contribution >= 0.6 is 0 Å². The van der Waals surface area contributed by atoms with Gasteiger partial charge >= 0.3 is 6.18 Å². The summed E-state index contributed by atoms with van der Waals surface area (Å²) in [6.45, 7) is 0.930. The van der Waals surface area contributed by atoms with Gasteiger partial charge in [0.1, 0.15) is 0 Å². The summed E-state index contributed by atoms with van der Waals surface area (Å²) in [6.07, 6.45) is -3.35. The van der Waals surface area contributed by atoms with Crippen LogP contribution in [0.15, 0.2) is 47.5 Å². The maximum atomic E-state index is 12.8. The molecule has 1 N–H and O–H groups in total. The molecule has 1 saturated heterocycles. The number of anilines is 1. The van der Waals surface area contributed by atoms with Crippen molar-refractivity contribution in [3.05, 3.63) is 48.2 Å². The third-order valence-corrected chi connectivity index (χ3v) is 6.73. The highest BCUT2D eigenvalue weighted by Crippen LogP contribution is 2.20. The van der Waals surface area contributed by atoms with Gasteiger partial charge in [-0.05, 0) is 30.3 Å². The number of piperazine rings is 1.